The summed E-state index contributed by atoms with van der Waals surface area (Å²) >= 11 is 7.01. The molecule has 126 valence electrons. The van der Waals surface area contributed by atoms with E-state index in [4.69, 9.17) is 11.6 Å². The van der Waals surface area contributed by atoms with Gasteiger partial charge in [0, 0.05) is 19.6 Å². The third-order valence-corrected chi connectivity index (χ3v) is 8.04. The van der Waals surface area contributed by atoms with E-state index in [-0.39, 0.29) is 23.7 Å². The standard InChI is InChI=1S/C12H14ClN3O4S3/c13-12-15-10-3-2-9(8-11(10)21-12)23(19,20)14-4-6-16-5-1-7-22(16,17)18/h2-3,8,14H,1,4-7H2. The Morgan fingerprint density at radius 1 is 1.39 bits per heavy atom. The predicted octanol–water partition coefficient (Wildman–Crippen LogP) is 1.26. The first-order valence-electron chi connectivity index (χ1n) is 6.81. The summed E-state index contributed by atoms with van der Waals surface area (Å²) in [6, 6.07) is 4.55. The van der Waals surface area contributed by atoms with E-state index in [1.807, 2.05) is 0 Å². The van der Waals surface area contributed by atoms with Crippen molar-refractivity contribution in [3.05, 3.63) is 22.7 Å². The molecule has 0 amide bonds. The van der Waals surface area contributed by atoms with E-state index in [0.29, 0.717) is 27.6 Å². The summed E-state index contributed by atoms with van der Waals surface area (Å²) in [5.41, 5.74) is 0.641. The molecular formula is C12H14ClN3O4S3. The molecule has 11 heteroatoms. The highest BCUT2D eigenvalue weighted by atomic mass is 35.5. The van der Waals surface area contributed by atoms with Gasteiger partial charge in [0.25, 0.3) is 0 Å². The van der Waals surface area contributed by atoms with E-state index in [9.17, 15) is 16.8 Å². The van der Waals surface area contributed by atoms with Crippen molar-refractivity contribution >= 4 is 53.2 Å². The highest BCUT2D eigenvalue weighted by Crippen LogP contribution is 2.27. The van der Waals surface area contributed by atoms with Gasteiger partial charge in [-0.15, -0.1) is 11.3 Å². The Morgan fingerprint density at radius 3 is 2.87 bits per heavy atom. The summed E-state index contributed by atoms with van der Waals surface area (Å²) in [6.45, 7) is 0.606. The van der Waals surface area contributed by atoms with Gasteiger partial charge < -0.3 is 0 Å². The zero-order chi connectivity index (χ0) is 16.7. The molecule has 3 rings (SSSR count). The molecule has 23 heavy (non-hydrogen) atoms. The van der Waals surface area contributed by atoms with E-state index in [0.717, 1.165) is 0 Å². The van der Waals surface area contributed by atoms with Crippen LogP contribution < -0.4 is 4.72 Å². The van der Waals surface area contributed by atoms with Gasteiger partial charge in [-0.05, 0) is 24.6 Å². The van der Waals surface area contributed by atoms with E-state index < -0.39 is 20.0 Å². The molecule has 2 aromatic rings. The number of nitrogens with zero attached hydrogens (tertiary/aromatic N) is 2. The minimum Gasteiger partial charge on any atom is -0.225 e. The van der Waals surface area contributed by atoms with Crippen molar-refractivity contribution in [1.82, 2.24) is 14.0 Å². The first-order chi connectivity index (χ1) is 10.8. The van der Waals surface area contributed by atoms with Crippen LogP contribution >= 0.6 is 22.9 Å². The molecule has 0 saturated carbocycles. The minimum absolute atomic E-state index is 0.0308. The lowest BCUT2D eigenvalue weighted by molar-refractivity contribution is 0.444. The van der Waals surface area contributed by atoms with Gasteiger partial charge in [-0.1, -0.05) is 11.6 Å². The quantitative estimate of drug-likeness (QED) is 0.822. The number of fused-ring (bicyclic) bond motifs is 1. The largest absolute Gasteiger partial charge is 0.240 e. The van der Waals surface area contributed by atoms with Crippen LogP contribution in [0.3, 0.4) is 0 Å². The van der Waals surface area contributed by atoms with Gasteiger partial charge in [0.05, 0.1) is 20.9 Å². The smallest absolute Gasteiger partial charge is 0.225 e. The number of benzene rings is 1. The van der Waals surface area contributed by atoms with Crippen molar-refractivity contribution in [2.75, 3.05) is 25.4 Å². The van der Waals surface area contributed by atoms with Gasteiger partial charge >= 0.3 is 0 Å². The highest BCUT2D eigenvalue weighted by Gasteiger charge is 2.28. The Kier molecular flexibility index (Phi) is 4.64. The van der Waals surface area contributed by atoms with E-state index in [2.05, 4.69) is 9.71 Å². The average Bonchev–Trinajstić information content (AvgIpc) is 2.99. The van der Waals surface area contributed by atoms with E-state index >= 15 is 0 Å². The first kappa shape index (κ1) is 17.1. The number of rotatable bonds is 5. The van der Waals surface area contributed by atoms with E-state index in [1.54, 1.807) is 6.07 Å². The van der Waals surface area contributed by atoms with Gasteiger partial charge in [-0.2, -0.15) is 0 Å². The molecule has 1 N–H and O–H groups in total. The third kappa shape index (κ3) is 3.67. The third-order valence-electron chi connectivity index (χ3n) is 3.50. The van der Waals surface area contributed by atoms with Crippen LogP contribution in [-0.2, 0) is 20.0 Å². The fourth-order valence-electron chi connectivity index (χ4n) is 2.37. The molecule has 0 unspecified atom stereocenters. The highest BCUT2D eigenvalue weighted by molar-refractivity contribution is 7.89. The van der Waals surface area contributed by atoms with Crippen LogP contribution in [0.4, 0.5) is 0 Å². The van der Waals surface area contributed by atoms with Crippen molar-refractivity contribution < 1.29 is 16.8 Å². The summed E-state index contributed by atoms with van der Waals surface area (Å²) in [4.78, 5) is 4.17. The topological polar surface area (TPSA) is 96.4 Å². The minimum atomic E-state index is -3.71. The molecule has 7 nitrogen and oxygen atoms in total. The predicted molar refractivity (Wildman–Crippen MR) is 89.8 cm³/mol. The van der Waals surface area contributed by atoms with Crippen LogP contribution in [0, 0.1) is 0 Å². The van der Waals surface area contributed by atoms with Crippen molar-refractivity contribution in [3.63, 3.8) is 0 Å². The molecule has 0 spiro atoms. The summed E-state index contributed by atoms with van der Waals surface area (Å²) in [7, 11) is -6.93. The molecule has 0 aliphatic carbocycles. The summed E-state index contributed by atoms with van der Waals surface area (Å²) < 4.78 is 52.7. The van der Waals surface area contributed by atoms with Crippen LogP contribution in [0.25, 0.3) is 10.2 Å². The molecule has 0 atom stereocenters. The van der Waals surface area contributed by atoms with Crippen LogP contribution in [0.1, 0.15) is 6.42 Å². The number of nitrogens with one attached hydrogen (secondary N) is 1. The van der Waals surface area contributed by atoms with Crippen LogP contribution in [0.15, 0.2) is 23.1 Å². The molecule has 1 aliphatic heterocycles. The van der Waals surface area contributed by atoms with Gasteiger partial charge in [-0.3, -0.25) is 0 Å². The lowest BCUT2D eigenvalue weighted by Crippen LogP contribution is -2.35. The lowest BCUT2D eigenvalue weighted by atomic mass is 10.3. The fraction of sp³-hybridized carbons (Fsp3) is 0.417. The second kappa shape index (κ2) is 6.26. The Bertz CT molecular complexity index is 940. The average molecular weight is 396 g/mol. The van der Waals surface area contributed by atoms with Gasteiger partial charge in [0.2, 0.25) is 20.0 Å². The number of thiazole rings is 1. The number of halogens is 1. The second-order valence-corrected chi connectivity index (χ2v) is 10.5. The van der Waals surface area contributed by atoms with Gasteiger partial charge in [-0.25, -0.2) is 30.8 Å². The van der Waals surface area contributed by atoms with E-state index in [1.165, 1.54) is 27.8 Å². The van der Waals surface area contributed by atoms with Crippen molar-refractivity contribution in [3.8, 4) is 0 Å². The number of aromatic nitrogens is 1. The second-order valence-electron chi connectivity index (χ2n) is 5.06. The fourth-order valence-corrected chi connectivity index (χ4v) is 6.09. The molecule has 1 saturated heterocycles. The van der Waals surface area contributed by atoms with Crippen LogP contribution in [0.5, 0.6) is 0 Å². The Balaban J connectivity index is 1.70. The van der Waals surface area contributed by atoms with Gasteiger partial charge in [0.15, 0.2) is 4.47 Å². The number of hydrogen-bond acceptors (Lipinski definition) is 6. The van der Waals surface area contributed by atoms with Crippen molar-refractivity contribution in [1.29, 1.82) is 0 Å². The molecule has 1 aliphatic rings. The zero-order valence-corrected chi connectivity index (χ0v) is 15.1. The SMILES string of the molecule is O=S(=O)(NCCN1CCCS1(=O)=O)c1ccc2nc(Cl)sc2c1. The molecule has 1 fully saturated rings. The first-order valence-corrected chi connectivity index (χ1v) is 11.1. The maximum absolute atomic E-state index is 12.3. The molecule has 2 heterocycles. The summed E-state index contributed by atoms with van der Waals surface area (Å²) in [5.74, 6) is 0.128. The Morgan fingerprint density at radius 2 is 2.17 bits per heavy atom. The summed E-state index contributed by atoms with van der Waals surface area (Å²) in [5, 5.41) is 0. The Hall–Kier alpha value is -0.780. The molecule has 1 aromatic heterocycles. The summed E-state index contributed by atoms with van der Waals surface area (Å²) in [6.07, 6.45) is 0.581. The van der Waals surface area contributed by atoms with Crippen LogP contribution in [-0.4, -0.2) is 51.5 Å². The van der Waals surface area contributed by atoms with Crippen molar-refractivity contribution in [2.24, 2.45) is 0 Å². The number of hydrogen-bond donors (Lipinski definition) is 1. The number of sulfonamides is 2. The molecule has 0 radical (unpaired) electrons. The monoisotopic (exact) mass is 395 g/mol. The van der Waals surface area contributed by atoms with Gasteiger partial charge in [0.1, 0.15) is 0 Å². The maximum atomic E-state index is 12.3. The Labute approximate surface area is 143 Å². The molecular weight excluding hydrogens is 382 g/mol. The lowest BCUT2D eigenvalue weighted by Gasteiger charge is -2.14. The molecule has 0 bridgehead atoms. The molecule has 1 aromatic carbocycles. The van der Waals surface area contributed by atoms with Crippen LogP contribution in [0.2, 0.25) is 4.47 Å². The normalized spacial score (nSPS) is 18.7. The van der Waals surface area contributed by atoms with Crippen molar-refractivity contribution in [2.45, 2.75) is 11.3 Å². The maximum Gasteiger partial charge on any atom is 0.240 e. The zero-order valence-electron chi connectivity index (χ0n) is 11.9.